The van der Waals surface area contributed by atoms with Gasteiger partial charge < -0.3 is 9.84 Å². The van der Waals surface area contributed by atoms with Crippen LogP contribution < -0.4 is 4.74 Å². The number of esters is 1. The Hall–Kier alpha value is -1.35. The molecule has 0 saturated carbocycles. The van der Waals surface area contributed by atoms with Gasteiger partial charge in [-0.05, 0) is 16.4 Å². The van der Waals surface area contributed by atoms with Gasteiger partial charge in [0.05, 0.1) is 0 Å². The Labute approximate surface area is 114 Å². The maximum atomic E-state index is 11.7. The second kappa shape index (κ2) is 4.07. The van der Waals surface area contributed by atoms with Crippen molar-refractivity contribution in [2.75, 3.05) is 0 Å². The van der Waals surface area contributed by atoms with Gasteiger partial charge in [0.1, 0.15) is 5.75 Å². The summed E-state index contributed by atoms with van der Waals surface area (Å²) in [5.41, 5.74) is 2.29. The molecule has 104 valence electrons. The number of rotatable bonds is 0. The maximum absolute atomic E-state index is 11.7. The van der Waals surface area contributed by atoms with Crippen LogP contribution >= 0.6 is 0 Å². The van der Waals surface area contributed by atoms with Crippen molar-refractivity contribution in [2.45, 2.75) is 58.5 Å². The molecule has 1 N–H and O–H groups in total. The minimum absolute atomic E-state index is 0.134. The van der Waals surface area contributed by atoms with Gasteiger partial charge in [0.2, 0.25) is 0 Å². The molecule has 3 nitrogen and oxygen atoms in total. The molecule has 3 heteroatoms. The number of carbonyl (C=O) groups excluding carboxylic acids is 1. The lowest BCUT2D eigenvalue weighted by Crippen LogP contribution is -2.18. The summed E-state index contributed by atoms with van der Waals surface area (Å²) in [5, 5.41) is 10.1. The highest BCUT2D eigenvalue weighted by molar-refractivity contribution is 5.86. The van der Waals surface area contributed by atoms with Crippen molar-refractivity contribution in [3.8, 4) is 5.75 Å². The van der Waals surface area contributed by atoms with Crippen molar-refractivity contribution in [1.29, 1.82) is 0 Å². The van der Waals surface area contributed by atoms with E-state index in [4.69, 9.17) is 4.74 Å². The highest BCUT2D eigenvalue weighted by atomic mass is 16.6. The summed E-state index contributed by atoms with van der Waals surface area (Å²) in [6.45, 7) is 12.4. The molecule has 0 spiro atoms. The highest BCUT2D eigenvalue weighted by Crippen LogP contribution is 2.46. The van der Waals surface area contributed by atoms with Gasteiger partial charge in [-0.2, -0.15) is 0 Å². The molecule has 1 atom stereocenters. The van der Waals surface area contributed by atoms with E-state index in [0.717, 1.165) is 11.1 Å². The average molecular weight is 262 g/mol. The molecule has 1 aliphatic heterocycles. The number of carbonyl (C=O) groups is 1. The monoisotopic (exact) mass is 262 g/mol. The van der Waals surface area contributed by atoms with Crippen LogP contribution in [0.15, 0.2) is 12.1 Å². The first-order valence-corrected chi connectivity index (χ1v) is 6.61. The quantitative estimate of drug-likeness (QED) is 0.576. The summed E-state index contributed by atoms with van der Waals surface area (Å²) in [7, 11) is 0. The third-order valence-electron chi connectivity index (χ3n) is 3.51. The zero-order chi connectivity index (χ0) is 14.6. The van der Waals surface area contributed by atoms with E-state index in [9.17, 15) is 9.90 Å². The first kappa shape index (κ1) is 14.1. The highest BCUT2D eigenvalue weighted by Gasteiger charge is 2.39. The second-order valence-corrected chi connectivity index (χ2v) is 7.23. The van der Waals surface area contributed by atoms with Crippen molar-refractivity contribution >= 4 is 5.97 Å². The van der Waals surface area contributed by atoms with E-state index in [2.05, 4.69) is 41.5 Å². The Morgan fingerprint density at radius 1 is 1.00 bits per heavy atom. The fourth-order valence-electron chi connectivity index (χ4n) is 2.50. The van der Waals surface area contributed by atoms with Crippen LogP contribution in [0.1, 0.15) is 64.3 Å². The Kier molecular flexibility index (Phi) is 3.01. The van der Waals surface area contributed by atoms with Crippen LogP contribution in [0.25, 0.3) is 0 Å². The fourth-order valence-corrected chi connectivity index (χ4v) is 2.50. The van der Waals surface area contributed by atoms with E-state index in [0.29, 0.717) is 11.3 Å². The maximum Gasteiger partial charge on any atom is 0.345 e. The van der Waals surface area contributed by atoms with Crippen LogP contribution in [-0.2, 0) is 15.6 Å². The molecule has 1 aliphatic rings. The lowest BCUT2D eigenvalue weighted by atomic mass is 9.78. The zero-order valence-electron chi connectivity index (χ0n) is 12.5. The van der Waals surface area contributed by atoms with Crippen LogP contribution in [0.4, 0.5) is 0 Å². The van der Waals surface area contributed by atoms with Crippen molar-refractivity contribution in [1.82, 2.24) is 0 Å². The van der Waals surface area contributed by atoms with Crippen LogP contribution in [0.3, 0.4) is 0 Å². The van der Waals surface area contributed by atoms with Gasteiger partial charge in [0, 0.05) is 11.1 Å². The Morgan fingerprint density at radius 2 is 1.47 bits per heavy atom. The van der Waals surface area contributed by atoms with Gasteiger partial charge >= 0.3 is 5.97 Å². The lowest BCUT2D eigenvalue weighted by molar-refractivity contribution is -0.141. The molecule has 0 fully saturated rings. The molecule has 2 rings (SSSR count). The molecule has 0 radical (unpaired) electrons. The largest absolute Gasteiger partial charge is 0.424 e. The topological polar surface area (TPSA) is 46.5 Å². The number of hydrogen-bond acceptors (Lipinski definition) is 3. The molecular formula is C16H22O3. The van der Waals surface area contributed by atoms with E-state index in [1.807, 2.05) is 12.1 Å². The van der Waals surface area contributed by atoms with Gasteiger partial charge in [-0.3, -0.25) is 0 Å². The Morgan fingerprint density at radius 3 is 1.95 bits per heavy atom. The molecular weight excluding hydrogens is 240 g/mol. The number of hydrogen-bond donors (Lipinski definition) is 1. The molecule has 0 aromatic heterocycles. The smallest absolute Gasteiger partial charge is 0.345 e. The molecule has 1 heterocycles. The predicted molar refractivity (Wildman–Crippen MR) is 74.4 cm³/mol. The van der Waals surface area contributed by atoms with Crippen molar-refractivity contribution < 1.29 is 14.6 Å². The molecule has 19 heavy (non-hydrogen) atoms. The molecule has 0 aliphatic carbocycles. The first-order chi connectivity index (χ1) is 8.53. The predicted octanol–water partition coefficient (Wildman–Crippen LogP) is 3.23. The molecule has 0 bridgehead atoms. The zero-order valence-corrected chi connectivity index (χ0v) is 12.5. The minimum atomic E-state index is -1.16. The minimum Gasteiger partial charge on any atom is -0.424 e. The van der Waals surface area contributed by atoms with E-state index in [-0.39, 0.29) is 10.8 Å². The standard InChI is InChI=1S/C16H22O3/c1-15(2,3)9-7-8-10(16(4,5)6)13-11(9)12(17)14(18)19-13/h7-8,12,17H,1-6H3. The lowest BCUT2D eigenvalue weighted by Gasteiger charge is -2.27. The molecule has 0 amide bonds. The fraction of sp³-hybridized carbons (Fsp3) is 0.562. The van der Waals surface area contributed by atoms with Crippen molar-refractivity contribution in [2.24, 2.45) is 0 Å². The number of aliphatic hydroxyl groups is 1. The number of benzene rings is 1. The van der Waals surface area contributed by atoms with E-state index >= 15 is 0 Å². The van der Waals surface area contributed by atoms with Gasteiger partial charge in [-0.1, -0.05) is 53.7 Å². The SMILES string of the molecule is CC(C)(C)c1ccc(C(C)(C)C)c2c1OC(=O)C2O. The molecule has 0 saturated heterocycles. The molecule has 1 unspecified atom stereocenters. The van der Waals surface area contributed by atoms with E-state index < -0.39 is 12.1 Å². The molecule has 1 aromatic rings. The second-order valence-electron chi connectivity index (χ2n) is 7.23. The van der Waals surface area contributed by atoms with Crippen LogP contribution in [0.2, 0.25) is 0 Å². The number of ether oxygens (including phenoxy) is 1. The van der Waals surface area contributed by atoms with Gasteiger partial charge in [-0.15, -0.1) is 0 Å². The van der Waals surface area contributed by atoms with Gasteiger partial charge in [0.25, 0.3) is 0 Å². The third-order valence-corrected chi connectivity index (χ3v) is 3.51. The Balaban J connectivity index is 2.74. The Bertz CT molecular complexity index is 530. The van der Waals surface area contributed by atoms with Crippen molar-refractivity contribution in [3.63, 3.8) is 0 Å². The summed E-state index contributed by atoms with van der Waals surface area (Å²) < 4.78 is 5.32. The van der Waals surface area contributed by atoms with E-state index in [1.165, 1.54) is 0 Å². The summed E-state index contributed by atoms with van der Waals surface area (Å²) in [6.07, 6.45) is -1.16. The van der Waals surface area contributed by atoms with E-state index in [1.54, 1.807) is 0 Å². The van der Waals surface area contributed by atoms with Crippen LogP contribution in [0, 0.1) is 0 Å². The number of fused-ring (bicyclic) bond motifs is 1. The van der Waals surface area contributed by atoms with Gasteiger partial charge in [0.15, 0.2) is 6.10 Å². The van der Waals surface area contributed by atoms with Crippen molar-refractivity contribution in [3.05, 3.63) is 28.8 Å². The third kappa shape index (κ3) is 2.27. The van der Waals surface area contributed by atoms with Crippen LogP contribution in [-0.4, -0.2) is 11.1 Å². The summed E-state index contributed by atoms with van der Waals surface area (Å²) >= 11 is 0. The normalized spacial score (nSPS) is 19.3. The summed E-state index contributed by atoms with van der Waals surface area (Å²) in [4.78, 5) is 11.7. The summed E-state index contributed by atoms with van der Waals surface area (Å²) in [6, 6.07) is 4.01. The summed E-state index contributed by atoms with van der Waals surface area (Å²) in [5.74, 6) is -0.0189. The average Bonchev–Trinajstić information content (AvgIpc) is 2.51. The first-order valence-electron chi connectivity index (χ1n) is 6.61. The molecule has 1 aromatic carbocycles. The van der Waals surface area contributed by atoms with Crippen LogP contribution in [0.5, 0.6) is 5.75 Å². The van der Waals surface area contributed by atoms with Gasteiger partial charge in [-0.25, -0.2) is 4.79 Å². The number of aliphatic hydroxyl groups excluding tert-OH is 1.